The molecule has 2 heterocycles. The Hall–Kier alpha value is -1.19. The standard InChI is InChI=1S/C16H19NOS/c1-2-16(8-5-9-17-16)15(18)10-12-11-19-14-7-4-3-6-13(12)14/h3-4,6-7,11,17H,2,5,8-10H2,1H3. The Bertz CT molecular complexity index is 596. The molecule has 1 N–H and O–H groups in total. The Kier molecular flexibility index (Phi) is 3.42. The maximum Gasteiger partial charge on any atom is 0.157 e. The topological polar surface area (TPSA) is 29.1 Å². The fraction of sp³-hybridized carbons (Fsp3) is 0.438. The van der Waals surface area contributed by atoms with Crippen molar-refractivity contribution in [2.24, 2.45) is 0 Å². The summed E-state index contributed by atoms with van der Waals surface area (Å²) in [5.41, 5.74) is 0.926. The fourth-order valence-corrected chi connectivity index (χ4v) is 4.02. The van der Waals surface area contributed by atoms with Gasteiger partial charge in [-0.05, 0) is 48.2 Å². The van der Waals surface area contributed by atoms with Gasteiger partial charge in [0.15, 0.2) is 5.78 Å². The number of hydrogen-bond acceptors (Lipinski definition) is 3. The van der Waals surface area contributed by atoms with Gasteiger partial charge >= 0.3 is 0 Å². The van der Waals surface area contributed by atoms with Crippen molar-refractivity contribution in [3.05, 3.63) is 35.2 Å². The lowest BCUT2D eigenvalue weighted by Gasteiger charge is -2.26. The number of rotatable bonds is 4. The van der Waals surface area contributed by atoms with Gasteiger partial charge in [0.25, 0.3) is 0 Å². The number of nitrogens with one attached hydrogen (secondary N) is 1. The molecule has 0 aliphatic carbocycles. The molecule has 1 fully saturated rings. The van der Waals surface area contributed by atoms with Gasteiger partial charge in [0, 0.05) is 11.1 Å². The van der Waals surface area contributed by atoms with E-state index in [1.54, 1.807) is 11.3 Å². The maximum atomic E-state index is 12.7. The second kappa shape index (κ2) is 5.06. The summed E-state index contributed by atoms with van der Waals surface area (Å²) < 4.78 is 1.27. The van der Waals surface area contributed by atoms with Crippen LogP contribution in [0.15, 0.2) is 29.6 Å². The summed E-state index contributed by atoms with van der Waals surface area (Å²) in [4.78, 5) is 12.7. The van der Waals surface area contributed by atoms with Crippen LogP contribution in [0.25, 0.3) is 10.1 Å². The predicted octanol–water partition coefficient (Wildman–Crippen LogP) is 3.55. The number of hydrogen-bond donors (Lipinski definition) is 1. The van der Waals surface area contributed by atoms with Crippen LogP contribution in [0.2, 0.25) is 0 Å². The highest BCUT2D eigenvalue weighted by atomic mass is 32.1. The van der Waals surface area contributed by atoms with Crippen LogP contribution in [0, 0.1) is 0 Å². The summed E-state index contributed by atoms with van der Waals surface area (Å²) in [6, 6.07) is 8.34. The zero-order valence-electron chi connectivity index (χ0n) is 11.2. The van der Waals surface area contributed by atoms with Gasteiger partial charge in [0.2, 0.25) is 0 Å². The summed E-state index contributed by atoms with van der Waals surface area (Å²) in [7, 11) is 0. The molecule has 1 aliphatic rings. The number of ketones is 1. The van der Waals surface area contributed by atoms with Gasteiger partial charge in [0.05, 0.1) is 5.54 Å². The second-order valence-electron chi connectivity index (χ2n) is 5.32. The van der Waals surface area contributed by atoms with E-state index in [2.05, 4.69) is 35.8 Å². The van der Waals surface area contributed by atoms with Crippen LogP contribution in [0.1, 0.15) is 31.7 Å². The first kappa shape index (κ1) is 12.8. The molecule has 1 atom stereocenters. The number of carbonyl (C=O) groups is 1. The first-order valence-electron chi connectivity index (χ1n) is 6.98. The third kappa shape index (κ3) is 2.21. The van der Waals surface area contributed by atoms with Crippen molar-refractivity contribution >= 4 is 27.2 Å². The van der Waals surface area contributed by atoms with E-state index in [0.717, 1.165) is 25.8 Å². The number of benzene rings is 1. The lowest BCUT2D eigenvalue weighted by atomic mass is 9.86. The summed E-state index contributed by atoms with van der Waals surface area (Å²) in [5.74, 6) is 0.357. The largest absolute Gasteiger partial charge is 0.305 e. The molecule has 1 aromatic carbocycles. The molecule has 1 saturated heterocycles. The van der Waals surface area contributed by atoms with Crippen molar-refractivity contribution in [2.75, 3.05) is 6.54 Å². The first-order valence-corrected chi connectivity index (χ1v) is 7.86. The van der Waals surface area contributed by atoms with Gasteiger partial charge in [-0.25, -0.2) is 0 Å². The normalized spacial score (nSPS) is 23.0. The molecule has 3 rings (SSSR count). The van der Waals surface area contributed by atoms with Crippen molar-refractivity contribution in [1.82, 2.24) is 5.32 Å². The van der Waals surface area contributed by atoms with Crippen LogP contribution in [0.5, 0.6) is 0 Å². The summed E-state index contributed by atoms with van der Waals surface area (Å²) >= 11 is 1.73. The maximum absolute atomic E-state index is 12.7. The van der Waals surface area contributed by atoms with Crippen molar-refractivity contribution < 1.29 is 4.79 Å². The fourth-order valence-electron chi connectivity index (χ4n) is 3.06. The molecule has 1 aliphatic heterocycles. The molecule has 3 heteroatoms. The van der Waals surface area contributed by atoms with Crippen molar-refractivity contribution in [1.29, 1.82) is 0 Å². The van der Waals surface area contributed by atoms with E-state index in [0.29, 0.717) is 12.2 Å². The quantitative estimate of drug-likeness (QED) is 0.923. The molecule has 1 aromatic heterocycles. The molecule has 0 spiro atoms. The molecule has 2 aromatic rings. The minimum Gasteiger partial charge on any atom is -0.305 e. The van der Waals surface area contributed by atoms with Gasteiger partial charge < -0.3 is 5.32 Å². The van der Waals surface area contributed by atoms with Crippen molar-refractivity contribution in [3.8, 4) is 0 Å². The number of fused-ring (bicyclic) bond motifs is 1. The highest BCUT2D eigenvalue weighted by molar-refractivity contribution is 7.17. The zero-order chi connectivity index (χ0) is 13.3. The van der Waals surface area contributed by atoms with Gasteiger partial charge in [-0.1, -0.05) is 25.1 Å². The number of Topliss-reactive ketones (excluding diaryl/α,β-unsaturated/α-hetero) is 1. The van der Waals surface area contributed by atoms with Crippen LogP contribution in [-0.2, 0) is 11.2 Å². The van der Waals surface area contributed by atoms with E-state index < -0.39 is 0 Å². The summed E-state index contributed by atoms with van der Waals surface area (Å²) in [6.45, 7) is 3.09. The minimum absolute atomic E-state index is 0.261. The monoisotopic (exact) mass is 273 g/mol. The molecule has 0 amide bonds. The van der Waals surface area contributed by atoms with Crippen LogP contribution >= 0.6 is 11.3 Å². The van der Waals surface area contributed by atoms with E-state index in [-0.39, 0.29) is 5.54 Å². The molecule has 1 unspecified atom stereocenters. The molecule has 100 valence electrons. The predicted molar refractivity (Wildman–Crippen MR) is 80.8 cm³/mol. The van der Waals surface area contributed by atoms with Gasteiger partial charge in [0.1, 0.15) is 0 Å². The molecule has 2 nitrogen and oxygen atoms in total. The minimum atomic E-state index is -0.261. The molecular formula is C16H19NOS. The molecule has 19 heavy (non-hydrogen) atoms. The van der Waals surface area contributed by atoms with Crippen molar-refractivity contribution in [3.63, 3.8) is 0 Å². The lowest BCUT2D eigenvalue weighted by molar-refractivity contribution is -0.124. The number of thiophene rings is 1. The highest BCUT2D eigenvalue weighted by Gasteiger charge is 2.38. The zero-order valence-corrected chi connectivity index (χ0v) is 12.1. The lowest BCUT2D eigenvalue weighted by Crippen LogP contribution is -2.47. The third-order valence-electron chi connectivity index (χ3n) is 4.29. The summed E-state index contributed by atoms with van der Waals surface area (Å²) in [5, 5.41) is 6.81. The second-order valence-corrected chi connectivity index (χ2v) is 6.23. The van der Waals surface area contributed by atoms with Crippen LogP contribution < -0.4 is 5.32 Å². The van der Waals surface area contributed by atoms with E-state index in [1.165, 1.54) is 15.6 Å². The van der Waals surface area contributed by atoms with E-state index in [4.69, 9.17) is 0 Å². The Balaban J connectivity index is 1.86. The van der Waals surface area contributed by atoms with Crippen LogP contribution in [0.3, 0.4) is 0 Å². The van der Waals surface area contributed by atoms with Crippen LogP contribution in [0.4, 0.5) is 0 Å². The average Bonchev–Trinajstić information content (AvgIpc) is 3.07. The Morgan fingerprint density at radius 3 is 3.00 bits per heavy atom. The van der Waals surface area contributed by atoms with Crippen LogP contribution in [-0.4, -0.2) is 17.9 Å². The van der Waals surface area contributed by atoms with E-state index >= 15 is 0 Å². The van der Waals surface area contributed by atoms with E-state index in [1.807, 2.05) is 6.07 Å². The highest BCUT2D eigenvalue weighted by Crippen LogP contribution is 2.30. The molecular weight excluding hydrogens is 254 g/mol. The summed E-state index contributed by atoms with van der Waals surface area (Å²) in [6.07, 6.45) is 3.56. The smallest absolute Gasteiger partial charge is 0.157 e. The Labute approximate surface area is 117 Å². The Morgan fingerprint density at radius 2 is 2.26 bits per heavy atom. The number of carbonyl (C=O) groups excluding carboxylic acids is 1. The molecule has 0 radical (unpaired) electrons. The third-order valence-corrected chi connectivity index (χ3v) is 5.31. The average molecular weight is 273 g/mol. The van der Waals surface area contributed by atoms with Gasteiger partial charge in [-0.2, -0.15) is 0 Å². The first-order chi connectivity index (χ1) is 9.25. The Morgan fingerprint density at radius 1 is 1.42 bits per heavy atom. The molecule has 0 bridgehead atoms. The SMILES string of the molecule is CCC1(C(=O)Cc2csc3ccccc23)CCCN1. The van der Waals surface area contributed by atoms with Crippen molar-refractivity contribution in [2.45, 2.75) is 38.1 Å². The van der Waals surface area contributed by atoms with E-state index in [9.17, 15) is 4.79 Å². The molecule has 0 saturated carbocycles. The van der Waals surface area contributed by atoms with Gasteiger partial charge in [-0.15, -0.1) is 11.3 Å². The van der Waals surface area contributed by atoms with Gasteiger partial charge in [-0.3, -0.25) is 4.79 Å².